The normalized spacial score (nSPS) is 17.7. The van der Waals surface area contributed by atoms with Crippen LogP contribution in [0.1, 0.15) is 31.2 Å². The molecule has 0 unspecified atom stereocenters. The first-order valence-corrected chi connectivity index (χ1v) is 7.47. The van der Waals surface area contributed by atoms with Crippen molar-refractivity contribution < 1.29 is 4.79 Å². The van der Waals surface area contributed by atoms with Crippen molar-refractivity contribution in [2.24, 2.45) is 5.73 Å². The predicted octanol–water partition coefficient (Wildman–Crippen LogP) is 2.22. The molecule has 3 N–H and O–H groups in total. The molecule has 0 radical (unpaired) electrons. The number of nitrogens with one attached hydrogen (secondary N) is 1. The summed E-state index contributed by atoms with van der Waals surface area (Å²) < 4.78 is 1.16. The summed E-state index contributed by atoms with van der Waals surface area (Å²) in [6.45, 7) is 0.547. The van der Waals surface area contributed by atoms with Gasteiger partial charge in [-0.25, -0.2) is 0 Å². The molecular weight excluding hydrogens is 339 g/mol. The van der Waals surface area contributed by atoms with Crippen molar-refractivity contribution in [3.63, 3.8) is 0 Å². The fourth-order valence-electron chi connectivity index (χ4n) is 2.60. The number of nitrogens with two attached hydrogens (primary N) is 1. The third kappa shape index (κ3) is 3.45. The number of hydrogen-bond donors (Lipinski definition) is 2. The highest BCUT2D eigenvalue weighted by atomic mass is 127. The largest absolute Gasteiger partial charge is 0.349 e. The minimum absolute atomic E-state index is 0.0874. The molecule has 0 heterocycles. The lowest BCUT2D eigenvalue weighted by Crippen LogP contribution is -2.52. The zero-order valence-corrected chi connectivity index (χ0v) is 12.6. The second-order valence-corrected chi connectivity index (χ2v) is 6.29. The molecule has 1 amide bonds. The summed E-state index contributed by atoms with van der Waals surface area (Å²) in [6, 6.07) is 8.05. The predicted molar refractivity (Wildman–Crippen MR) is 81.3 cm³/mol. The Labute approximate surface area is 122 Å². The summed E-state index contributed by atoms with van der Waals surface area (Å²) in [4.78, 5) is 12.1. The number of halogens is 1. The molecule has 1 fully saturated rings. The molecule has 0 bridgehead atoms. The minimum Gasteiger partial charge on any atom is -0.349 e. The number of carbonyl (C=O) groups excluding carboxylic acids is 1. The van der Waals surface area contributed by atoms with Crippen LogP contribution in [0.15, 0.2) is 24.3 Å². The zero-order chi connectivity index (χ0) is 13.0. The van der Waals surface area contributed by atoms with E-state index in [0.717, 1.165) is 22.0 Å². The van der Waals surface area contributed by atoms with Gasteiger partial charge in [0.1, 0.15) is 0 Å². The van der Waals surface area contributed by atoms with Crippen LogP contribution in [-0.2, 0) is 11.2 Å². The number of benzene rings is 1. The topological polar surface area (TPSA) is 55.1 Å². The molecule has 0 aromatic heterocycles. The third-order valence-corrected chi connectivity index (χ3v) is 4.28. The van der Waals surface area contributed by atoms with Crippen LogP contribution in [0.3, 0.4) is 0 Å². The maximum absolute atomic E-state index is 12.1. The van der Waals surface area contributed by atoms with Gasteiger partial charge in [-0.3, -0.25) is 4.79 Å². The number of rotatable bonds is 4. The summed E-state index contributed by atoms with van der Waals surface area (Å²) in [5.74, 6) is 0.0874. The molecule has 0 aliphatic heterocycles. The molecule has 1 aliphatic rings. The van der Waals surface area contributed by atoms with E-state index >= 15 is 0 Å². The lowest BCUT2D eigenvalue weighted by molar-refractivity contribution is -0.122. The van der Waals surface area contributed by atoms with Gasteiger partial charge in [0.15, 0.2) is 0 Å². The molecule has 4 heteroatoms. The van der Waals surface area contributed by atoms with Crippen molar-refractivity contribution in [1.29, 1.82) is 0 Å². The summed E-state index contributed by atoms with van der Waals surface area (Å²) in [5.41, 5.74) is 6.74. The molecular formula is C14H19IN2O. The van der Waals surface area contributed by atoms with Gasteiger partial charge in [-0.1, -0.05) is 25.0 Å². The SMILES string of the molecule is NCC1(NC(=O)Cc2cccc(I)c2)CCCC1. The Bertz CT molecular complexity index is 428. The van der Waals surface area contributed by atoms with E-state index in [1.54, 1.807) is 0 Å². The average molecular weight is 358 g/mol. The van der Waals surface area contributed by atoms with Gasteiger partial charge in [-0.05, 0) is 53.1 Å². The molecule has 0 atom stereocenters. The van der Waals surface area contributed by atoms with E-state index in [9.17, 15) is 4.79 Å². The molecule has 1 aliphatic carbocycles. The number of amides is 1. The van der Waals surface area contributed by atoms with Crippen molar-refractivity contribution in [1.82, 2.24) is 5.32 Å². The van der Waals surface area contributed by atoms with E-state index in [0.29, 0.717) is 13.0 Å². The van der Waals surface area contributed by atoms with Crippen molar-refractivity contribution >= 4 is 28.5 Å². The van der Waals surface area contributed by atoms with Crippen molar-refractivity contribution in [2.75, 3.05) is 6.54 Å². The summed E-state index contributed by atoms with van der Waals surface area (Å²) in [5, 5.41) is 3.14. The first kappa shape index (κ1) is 13.8. The van der Waals surface area contributed by atoms with E-state index in [2.05, 4.69) is 27.9 Å². The van der Waals surface area contributed by atoms with Gasteiger partial charge in [0.05, 0.1) is 12.0 Å². The second kappa shape index (κ2) is 6.02. The van der Waals surface area contributed by atoms with Crippen LogP contribution in [0.5, 0.6) is 0 Å². The van der Waals surface area contributed by atoms with Gasteiger partial charge in [-0.2, -0.15) is 0 Å². The highest BCUT2D eigenvalue weighted by Crippen LogP contribution is 2.28. The Hall–Kier alpha value is -0.620. The molecule has 98 valence electrons. The second-order valence-electron chi connectivity index (χ2n) is 5.05. The smallest absolute Gasteiger partial charge is 0.224 e. The molecule has 0 saturated heterocycles. The van der Waals surface area contributed by atoms with Crippen LogP contribution in [0.2, 0.25) is 0 Å². The fourth-order valence-corrected chi connectivity index (χ4v) is 3.21. The van der Waals surface area contributed by atoms with Gasteiger partial charge >= 0.3 is 0 Å². The van der Waals surface area contributed by atoms with E-state index in [-0.39, 0.29) is 11.4 Å². The van der Waals surface area contributed by atoms with E-state index < -0.39 is 0 Å². The fraction of sp³-hybridized carbons (Fsp3) is 0.500. The van der Waals surface area contributed by atoms with Crippen LogP contribution in [0.4, 0.5) is 0 Å². The number of hydrogen-bond acceptors (Lipinski definition) is 2. The van der Waals surface area contributed by atoms with Crippen molar-refractivity contribution in [3.05, 3.63) is 33.4 Å². The van der Waals surface area contributed by atoms with Crippen LogP contribution < -0.4 is 11.1 Å². The van der Waals surface area contributed by atoms with Crippen LogP contribution >= 0.6 is 22.6 Å². The lowest BCUT2D eigenvalue weighted by Gasteiger charge is -2.28. The zero-order valence-electron chi connectivity index (χ0n) is 10.4. The van der Waals surface area contributed by atoms with Gasteiger partial charge in [0.2, 0.25) is 5.91 Å². The molecule has 1 aromatic carbocycles. The molecule has 1 saturated carbocycles. The Morgan fingerprint density at radius 3 is 2.72 bits per heavy atom. The third-order valence-electron chi connectivity index (χ3n) is 3.61. The highest BCUT2D eigenvalue weighted by Gasteiger charge is 2.33. The van der Waals surface area contributed by atoms with Crippen LogP contribution in [-0.4, -0.2) is 18.0 Å². The van der Waals surface area contributed by atoms with Crippen LogP contribution in [0, 0.1) is 3.57 Å². The van der Waals surface area contributed by atoms with Crippen molar-refractivity contribution in [2.45, 2.75) is 37.6 Å². The monoisotopic (exact) mass is 358 g/mol. The van der Waals surface area contributed by atoms with E-state index in [1.807, 2.05) is 24.3 Å². The van der Waals surface area contributed by atoms with Gasteiger partial charge < -0.3 is 11.1 Å². The molecule has 2 rings (SSSR count). The summed E-state index contributed by atoms with van der Waals surface area (Å²) in [7, 11) is 0. The maximum atomic E-state index is 12.1. The quantitative estimate of drug-likeness (QED) is 0.811. The Balaban J connectivity index is 1.96. The van der Waals surface area contributed by atoms with Gasteiger partial charge in [0.25, 0.3) is 0 Å². The molecule has 18 heavy (non-hydrogen) atoms. The molecule has 0 spiro atoms. The standard InChI is InChI=1S/C14H19IN2O/c15-12-5-3-4-11(8-12)9-13(18)17-14(10-16)6-1-2-7-14/h3-5,8H,1-2,6-7,9-10,16H2,(H,17,18). The Kier molecular flexibility index (Phi) is 4.61. The lowest BCUT2D eigenvalue weighted by atomic mass is 9.97. The molecule has 3 nitrogen and oxygen atoms in total. The van der Waals surface area contributed by atoms with E-state index in [1.165, 1.54) is 12.8 Å². The van der Waals surface area contributed by atoms with Crippen LogP contribution in [0.25, 0.3) is 0 Å². The Morgan fingerprint density at radius 1 is 1.39 bits per heavy atom. The molecule has 1 aromatic rings. The van der Waals surface area contributed by atoms with Gasteiger partial charge in [0, 0.05) is 10.1 Å². The minimum atomic E-state index is -0.140. The van der Waals surface area contributed by atoms with E-state index in [4.69, 9.17) is 5.73 Å². The summed E-state index contributed by atoms with van der Waals surface area (Å²) >= 11 is 2.26. The first-order valence-electron chi connectivity index (χ1n) is 6.39. The average Bonchev–Trinajstić information content (AvgIpc) is 2.78. The highest BCUT2D eigenvalue weighted by molar-refractivity contribution is 14.1. The number of carbonyl (C=O) groups is 1. The maximum Gasteiger partial charge on any atom is 0.224 e. The van der Waals surface area contributed by atoms with Crippen molar-refractivity contribution in [3.8, 4) is 0 Å². The first-order chi connectivity index (χ1) is 8.63. The Morgan fingerprint density at radius 2 is 2.11 bits per heavy atom. The summed E-state index contributed by atoms with van der Waals surface area (Å²) in [6.07, 6.45) is 4.81. The van der Waals surface area contributed by atoms with Gasteiger partial charge in [-0.15, -0.1) is 0 Å².